The zero-order chi connectivity index (χ0) is 11.1. The van der Waals surface area contributed by atoms with E-state index in [0.29, 0.717) is 6.42 Å². The number of aryl methyl sites for hydroxylation is 1. The van der Waals surface area contributed by atoms with Crippen LogP contribution in [0.3, 0.4) is 0 Å². The Morgan fingerprint density at radius 3 is 2.93 bits per heavy atom. The normalized spacial score (nSPS) is 10.5. The summed E-state index contributed by atoms with van der Waals surface area (Å²) in [6, 6.07) is 2.16. The molecule has 0 bridgehead atoms. The molecule has 0 saturated carbocycles. The summed E-state index contributed by atoms with van der Waals surface area (Å²) >= 11 is 0. The molecule has 5 nitrogen and oxygen atoms in total. The minimum atomic E-state index is 0.564. The average Bonchev–Trinajstić information content (AvgIpc) is 2.71. The van der Waals surface area contributed by atoms with Gasteiger partial charge in [-0.3, -0.25) is 4.90 Å². The molecule has 0 N–H and O–H groups in total. The third kappa shape index (κ3) is 3.33. The molecule has 0 aliphatic rings. The van der Waals surface area contributed by atoms with E-state index in [0.717, 1.165) is 32.0 Å². The maximum atomic E-state index is 8.53. The molecule has 0 aromatic carbocycles. The Bertz CT molecular complexity index is 325. The number of aromatic nitrogens is 3. The third-order valence-electron chi connectivity index (χ3n) is 2.35. The average molecular weight is 207 g/mol. The van der Waals surface area contributed by atoms with Gasteiger partial charge in [0.05, 0.1) is 12.6 Å². The number of nitriles is 1. The minimum Gasteiger partial charge on any atom is -0.295 e. The Hall–Kier alpha value is -1.41. The summed E-state index contributed by atoms with van der Waals surface area (Å²) in [4.78, 5) is 6.40. The molecule has 0 radical (unpaired) electrons. The summed E-state index contributed by atoms with van der Waals surface area (Å²) in [7, 11) is 0. The van der Waals surface area contributed by atoms with Gasteiger partial charge < -0.3 is 0 Å². The van der Waals surface area contributed by atoms with Gasteiger partial charge in [-0.25, -0.2) is 9.67 Å². The highest BCUT2D eigenvalue weighted by Gasteiger charge is 2.08. The molecule has 1 rings (SSSR count). The maximum absolute atomic E-state index is 8.53. The van der Waals surface area contributed by atoms with Crippen molar-refractivity contribution >= 4 is 0 Å². The fraction of sp³-hybridized carbons (Fsp3) is 0.700. The quantitative estimate of drug-likeness (QED) is 0.699. The minimum absolute atomic E-state index is 0.564. The van der Waals surface area contributed by atoms with Crippen LogP contribution in [0, 0.1) is 11.3 Å². The van der Waals surface area contributed by atoms with Crippen molar-refractivity contribution in [3.05, 3.63) is 12.2 Å². The monoisotopic (exact) mass is 207 g/mol. The Kier molecular flexibility index (Phi) is 4.78. The van der Waals surface area contributed by atoms with Gasteiger partial charge in [-0.1, -0.05) is 6.92 Å². The van der Waals surface area contributed by atoms with Crippen LogP contribution in [0.4, 0.5) is 0 Å². The van der Waals surface area contributed by atoms with E-state index in [4.69, 9.17) is 5.26 Å². The van der Waals surface area contributed by atoms with Crippen molar-refractivity contribution in [1.82, 2.24) is 19.7 Å². The topological polar surface area (TPSA) is 57.7 Å². The van der Waals surface area contributed by atoms with E-state index in [-0.39, 0.29) is 0 Å². The lowest BCUT2D eigenvalue weighted by Gasteiger charge is -2.18. The van der Waals surface area contributed by atoms with Crippen molar-refractivity contribution in [2.75, 3.05) is 13.1 Å². The molecule has 0 unspecified atom stereocenters. The van der Waals surface area contributed by atoms with Crippen molar-refractivity contribution in [1.29, 1.82) is 5.26 Å². The van der Waals surface area contributed by atoms with Gasteiger partial charge in [0.15, 0.2) is 0 Å². The van der Waals surface area contributed by atoms with Crippen LogP contribution in [0.25, 0.3) is 0 Å². The fourth-order valence-electron chi connectivity index (χ4n) is 1.43. The second-order valence-electron chi connectivity index (χ2n) is 3.27. The number of hydrogen-bond donors (Lipinski definition) is 0. The molecule has 1 heterocycles. The summed E-state index contributed by atoms with van der Waals surface area (Å²) < 4.78 is 1.88. The summed E-state index contributed by atoms with van der Waals surface area (Å²) in [6.45, 7) is 7.47. The van der Waals surface area contributed by atoms with Crippen LogP contribution in [0.1, 0.15) is 26.1 Å². The third-order valence-corrected chi connectivity index (χ3v) is 2.35. The van der Waals surface area contributed by atoms with Gasteiger partial charge in [-0.05, 0) is 13.5 Å². The van der Waals surface area contributed by atoms with E-state index in [1.165, 1.54) is 0 Å². The molecular weight excluding hydrogens is 190 g/mol. The van der Waals surface area contributed by atoms with Crippen molar-refractivity contribution < 1.29 is 0 Å². The summed E-state index contributed by atoms with van der Waals surface area (Å²) in [5, 5.41) is 12.6. The van der Waals surface area contributed by atoms with Crippen LogP contribution in [-0.4, -0.2) is 32.8 Å². The van der Waals surface area contributed by atoms with Gasteiger partial charge in [0, 0.05) is 19.5 Å². The van der Waals surface area contributed by atoms with Gasteiger partial charge in [-0.2, -0.15) is 10.4 Å². The van der Waals surface area contributed by atoms with Crippen molar-refractivity contribution in [2.45, 2.75) is 33.4 Å². The number of rotatable bonds is 6. The van der Waals surface area contributed by atoms with Crippen LogP contribution in [0.5, 0.6) is 0 Å². The molecule has 5 heteroatoms. The first-order valence-electron chi connectivity index (χ1n) is 5.27. The Morgan fingerprint density at radius 1 is 1.53 bits per heavy atom. The van der Waals surface area contributed by atoms with Crippen molar-refractivity contribution in [3.63, 3.8) is 0 Å². The van der Waals surface area contributed by atoms with Crippen LogP contribution in [-0.2, 0) is 13.1 Å². The molecule has 0 aliphatic heterocycles. The maximum Gasteiger partial charge on any atom is 0.140 e. The zero-order valence-corrected chi connectivity index (χ0v) is 9.35. The zero-order valence-electron chi connectivity index (χ0n) is 9.35. The van der Waals surface area contributed by atoms with Gasteiger partial charge in [0.1, 0.15) is 12.2 Å². The second-order valence-corrected chi connectivity index (χ2v) is 3.27. The van der Waals surface area contributed by atoms with Crippen LogP contribution < -0.4 is 0 Å². The summed E-state index contributed by atoms with van der Waals surface area (Å²) in [5.41, 5.74) is 0. The predicted octanol–water partition coefficient (Wildman–Crippen LogP) is 1.03. The summed E-state index contributed by atoms with van der Waals surface area (Å²) in [5.74, 6) is 0.970. The molecule has 1 aromatic heterocycles. The second kappa shape index (κ2) is 6.14. The van der Waals surface area contributed by atoms with E-state index in [2.05, 4.69) is 28.0 Å². The highest BCUT2D eigenvalue weighted by molar-refractivity contribution is 4.85. The highest BCUT2D eigenvalue weighted by Crippen LogP contribution is 2.01. The largest absolute Gasteiger partial charge is 0.295 e. The molecule has 0 aliphatic carbocycles. The number of hydrogen-bond acceptors (Lipinski definition) is 4. The molecule has 15 heavy (non-hydrogen) atoms. The smallest absolute Gasteiger partial charge is 0.140 e. The highest BCUT2D eigenvalue weighted by atomic mass is 15.3. The standard InChI is InChI=1S/C10H17N5/c1-3-14(7-5-6-11)8-10-12-9-13-15(10)4-2/h9H,3-5,7-8H2,1-2H3. The lowest BCUT2D eigenvalue weighted by molar-refractivity contribution is 0.273. The Morgan fingerprint density at radius 2 is 2.33 bits per heavy atom. The van der Waals surface area contributed by atoms with Gasteiger partial charge in [0.2, 0.25) is 0 Å². The van der Waals surface area contributed by atoms with Gasteiger partial charge in [-0.15, -0.1) is 0 Å². The molecule has 0 spiro atoms. The van der Waals surface area contributed by atoms with E-state index in [9.17, 15) is 0 Å². The molecule has 0 saturated heterocycles. The Labute approximate surface area is 90.3 Å². The first-order valence-corrected chi connectivity index (χ1v) is 5.27. The summed E-state index contributed by atoms with van der Waals surface area (Å²) in [6.07, 6.45) is 2.14. The first kappa shape index (κ1) is 11.7. The van der Waals surface area contributed by atoms with Crippen LogP contribution in [0.2, 0.25) is 0 Å². The van der Waals surface area contributed by atoms with Crippen molar-refractivity contribution in [2.24, 2.45) is 0 Å². The van der Waals surface area contributed by atoms with Gasteiger partial charge >= 0.3 is 0 Å². The SMILES string of the molecule is CCN(CCC#N)Cc1ncnn1CC. The Balaban J connectivity index is 2.55. The molecule has 0 amide bonds. The molecule has 0 atom stereocenters. The predicted molar refractivity (Wildman–Crippen MR) is 56.9 cm³/mol. The van der Waals surface area contributed by atoms with E-state index in [1.807, 2.05) is 11.6 Å². The van der Waals surface area contributed by atoms with Crippen LogP contribution >= 0.6 is 0 Å². The molecule has 82 valence electrons. The van der Waals surface area contributed by atoms with E-state index >= 15 is 0 Å². The van der Waals surface area contributed by atoms with Crippen molar-refractivity contribution in [3.8, 4) is 6.07 Å². The molecule has 1 aromatic rings. The fourth-order valence-corrected chi connectivity index (χ4v) is 1.43. The first-order chi connectivity index (χ1) is 7.31. The number of nitrogens with zero attached hydrogens (tertiary/aromatic N) is 5. The lowest BCUT2D eigenvalue weighted by atomic mass is 10.4. The van der Waals surface area contributed by atoms with E-state index in [1.54, 1.807) is 6.33 Å². The molecular formula is C10H17N5. The van der Waals surface area contributed by atoms with E-state index < -0.39 is 0 Å². The lowest BCUT2D eigenvalue weighted by Crippen LogP contribution is -2.25. The van der Waals surface area contributed by atoms with Crippen LogP contribution in [0.15, 0.2) is 6.33 Å². The molecule has 0 fully saturated rings. The van der Waals surface area contributed by atoms with Gasteiger partial charge in [0.25, 0.3) is 0 Å².